The summed E-state index contributed by atoms with van der Waals surface area (Å²) in [5.74, 6) is 1.35. The Labute approximate surface area is 120 Å². The van der Waals surface area contributed by atoms with Crippen LogP contribution in [-0.2, 0) is 0 Å². The molecule has 0 aromatic carbocycles. The zero-order valence-electron chi connectivity index (χ0n) is 11.2. The van der Waals surface area contributed by atoms with Crippen molar-refractivity contribution in [2.45, 2.75) is 36.2 Å². The van der Waals surface area contributed by atoms with Crippen molar-refractivity contribution in [1.29, 1.82) is 0 Å². The molecule has 3 aliphatic carbocycles. The highest BCUT2D eigenvalue weighted by Crippen LogP contribution is 2.51. The molecule has 1 heterocycles. The van der Waals surface area contributed by atoms with Gasteiger partial charge in [-0.25, -0.2) is 0 Å². The third kappa shape index (κ3) is 2.08. The van der Waals surface area contributed by atoms with Gasteiger partial charge in [-0.1, -0.05) is 48.6 Å². The average Bonchev–Trinajstić information content (AvgIpc) is 2.86. The van der Waals surface area contributed by atoms with Crippen molar-refractivity contribution in [2.75, 3.05) is 0 Å². The van der Waals surface area contributed by atoms with Crippen molar-refractivity contribution in [3.63, 3.8) is 0 Å². The van der Waals surface area contributed by atoms with Crippen molar-refractivity contribution in [3.05, 3.63) is 59.8 Å². The molecular formula is C18H20S. The summed E-state index contributed by atoms with van der Waals surface area (Å²) in [6.07, 6.45) is 24.0. The summed E-state index contributed by atoms with van der Waals surface area (Å²) in [6.45, 7) is 0. The lowest BCUT2D eigenvalue weighted by atomic mass is 9.80. The van der Waals surface area contributed by atoms with E-state index in [-0.39, 0.29) is 0 Å². The van der Waals surface area contributed by atoms with Crippen molar-refractivity contribution in [2.24, 2.45) is 11.8 Å². The van der Waals surface area contributed by atoms with Crippen molar-refractivity contribution >= 4 is 11.8 Å². The highest BCUT2D eigenvalue weighted by atomic mass is 32.2. The number of hydrogen-bond acceptors (Lipinski definition) is 1. The van der Waals surface area contributed by atoms with Crippen LogP contribution < -0.4 is 0 Å². The first-order valence-corrected chi connectivity index (χ1v) is 8.43. The largest absolute Gasteiger partial charge is 0.149 e. The van der Waals surface area contributed by atoms with E-state index >= 15 is 0 Å². The van der Waals surface area contributed by atoms with Gasteiger partial charge in [0.25, 0.3) is 0 Å². The second-order valence-electron chi connectivity index (χ2n) is 5.93. The van der Waals surface area contributed by atoms with Gasteiger partial charge in [0.1, 0.15) is 0 Å². The van der Waals surface area contributed by atoms with Crippen LogP contribution in [0.25, 0.3) is 0 Å². The average molecular weight is 268 g/mol. The molecular weight excluding hydrogens is 248 g/mol. The third-order valence-electron chi connectivity index (χ3n) is 4.77. The molecule has 0 amide bonds. The number of rotatable bonds is 1. The molecule has 1 heteroatoms. The van der Waals surface area contributed by atoms with Crippen molar-refractivity contribution in [3.8, 4) is 0 Å². The van der Waals surface area contributed by atoms with E-state index in [9.17, 15) is 0 Å². The van der Waals surface area contributed by atoms with Gasteiger partial charge in [0.2, 0.25) is 0 Å². The van der Waals surface area contributed by atoms with Crippen molar-refractivity contribution < 1.29 is 0 Å². The van der Waals surface area contributed by atoms with Gasteiger partial charge in [0.15, 0.2) is 0 Å². The molecule has 0 N–H and O–H groups in total. The first-order valence-electron chi connectivity index (χ1n) is 7.49. The summed E-state index contributed by atoms with van der Waals surface area (Å²) in [5.41, 5.74) is 3.28. The SMILES string of the molecule is C1=CCC(C2=CCC3SC4CCC=CC4C3=C2)C=C1. The molecule has 0 bridgehead atoms. The lowest BCUT2D eigenvalue weighted by Crippen LogP contribution is -2.16. The minimum absolute atomic E-state index is 0.620. The first kappa shape index (κ1) is 11.8. The monoisotopic (exact) mass is 268 g/mol. The molecule has 1 fully saturated rings. The van der Waals surface area contributed by atoms with Crippen LogP contribution in [-0.4, -0.2) is 10.5 Å². The first-order chi connectivity index (χ1) is 9.42. The van der Waals surface area contributed by atoms with Crippen LogP contribution >= 0.6 is 11.8 Å². The summed E-state index contributed by atoms with van der Waals surface area (Å²) in [4.78, 5) is 0. The molecule has 4 aliphatic rings. The fraction of sp³-hybridized carbons (Fsp3) is 0.444. The molecule has 0 aromatic rings. The molecule has 0 radical (unpaired) electrons. The lowest BCUT2D eigenvalue weighted by Gasteiger charge is -2.24. The van der Waals surface area contributed by atoms with Gasteiger partial charge in [0, 0.05) is 22.3 Å². The van der Waals surface area contributed by atoms with Gasteiger partial charge in [-0.05, 0) is 36.8 Å². The predicted octanol–water partition coefficient (Wildman–Crippen LogP) is 4.83. The molecule has 1 saturated heterocycles. The number of thioether (sulfide) groups is 1. The molecule has 0 spiro atoms. The summed E-state index contributed by atoms with van der Waals surface area (Å²) < 4.78 is 0. The van der Waals surface area contributed by atoms with Gasteiger partial charge in [-0.2, -0.15) is 0 Å². The Morgan fingerprint density at radius 2 is 2.05 bits per heavy atom. The molecule has 0 nitrogen and oxygen atoms in total. The van der Waals surface area contributed by atoms with E-state index in [0.717, 1.165) is 16.4 Å². The van der Waals surface area contributed by atoms with Crippen LogP contribution in [0, 0.1) is 11.8 Å². The number of fused-ring (bicyclic) bond motifs is 3. The van der Waals surface area contributed by atoms with E-state index in [1.165, 1.54) is 25.7 Å². The Morgan fingerprint density at radius 1 is 1.05 bits per heavy atom. The van der Waals surface area contributed by atoms with Crippen LogP contribution in [0.4, 0.5) is 0 Å². The number of hydrogen-bond donors (Lipinski definition) is 0. The fourth-order valence-electron chi connectivity index (χ4n) is 3.75. The van der Waals surface area contributed by atoms with E-state index in [1.807, 2.05) is 0 Å². The quantitative estimate of drug-likeness (QED) is 0.614. The van der Waals surface area contributed by atoms with Gasteiger partial charge in [-0.3, -0.25) is 0 Å². The van der Waals surface area contributed by atoms with E-state index in [1.54, 1.807) is 11.1 Å². The standard InChI is InChI=1S/C18H20S/c1-2-6-13(7-3-1)14-10-11-18-16(12-14)15-8-4-5-9-17(15)19-18/h1-4,6,8,10,12-13,15,17-18H,5,7,9,11H2. The number of allylic oxidation sites excluding steroid dienone is 9. The van der Waals surface area contributed by atoms with Crippen LogP contribution in [0.1, 0.15) is 25.7 Å². The van der Waals surface area contributed by atoms with E-state index in [4.69, 9.17) is 0 Å². The van der Waals surface area contributed by atoms with Gasteiger partial charge >= 0.3 is 0 Å². The van der Waals surface area contributed by atoms with Crippen LogP contribution in [0.5, 0.6) is 0 Å². The van der Waals surface area contributed by atoms with E-state index < -0.39 is 0 Å². The molecule has 1 aliphatic heterocycles. The van der Waals surface area contributed by atoms with Crippen molar-refractivity contribution in [1.82, 2.24) is 0 Å². The Bertz CT molecular complexity index is 518. The van der Waals surface area contributed by atoms with Gasteiger partial charge < -0.3 is 0 Å². The maximum Gasteiger partial charge on any atom is 0.0303 e. The zero-order valence-corrected chi connectivity index (χ0v) is 12.0. The molecule has 4 atom stereocenters. The Kier molecular flexibility index (Phi) is 3.03. The minimum atomic E-state index is 0.620. The third-order valence-corrected chi connectivity index (χ3v) is 6.44. The van der Waals surface area contributed by atoms with Gasteiger partial charge in [0.05, 0.1) is 0 Å². The van der Waals surface area contributed by atoms with Crippen LogP contribution in [0.15, 0.2) is 59.8 Å². The molecule has 98 valence electrons. The summed E-state index contributed by atoms with van der Waals surface area (Å²) in [5, 5.41) is 1.63. The van der Waals surface area contributed by atoms with Crippen LogP contribution in [0.3, 0.4) is 0 Å². The summed E-state index contributed by atoms with van der Waals surface area (Å²) >= 11 is 2.23. The van der Waals surface area contributed by atoms with Gasteiger partial charge in [-0.15, -0.1) is 11.8 Å². The summed E-state index contributed by atoms with van der Waals surface area (Å²) in [6, 6.07) is 0. The summed E-state index contributed by atoms with van der Waals surface area (Å²) in [7, 11) is 0. The molecule has 4 rings (SSSR count). The topological polar surface area (TPSA) is 0 Å². The zero-order chi connectivity index (χ0) is 12.7. The maximum absolute atomic E-state index is 2.54. The second-order valence-corrected chi connectivity index (χ2v) is 7.38. The normalized spacial score (nSPS) is 39.6. The smallest absolute Gasteiger partial charge is 0.0303 e. The molecule has 0 aromatic heterocycles. The highest BCUT2D eigenvalue weighted by Gasteiger charge is 2.39. The van der Waals surface area contributed by atoms with E-state index in [0.29, 0.717) is 5.92 Å². The minimum Gasteiger partial charge on any atom is -0.149 e. The molecule has 0 saturated carbocycles. The Hall–Kier alpha value is -0.950. The molecule has 19 heavy (non-hydrogen) atoms. The predicted molar refractivity (Wildman–Crippen MR) is 84.2 cm³/mol. The Morgan fingerprint density at radius 3 is 2.95 bits per heavy atom. The van der Waals surface area contributed by atoms with E-state index in [2.05, 4.69) is 60.4 Å². The highest BCUT2D eigenvalue weighted by molar-refractivity contribution is 8.01. The fourth-order valence-corrected chi connectivity index (χ4v) is 5.45. The lowest BCUT2D eigenvalue weighted by molar-refractivity contribution is 0.629. The Balaban J connectivity index is 1.62. The maximum atomic E-state index is 2.54. The second kappa shape index (κ2) is 4.86. The van der Waals surface area contributed by atoms with Crippen LogP contribution in [0.2, 0.25) is 0 Å². The molecule has 4 unspecified atom stereocenters.